The van der Waals surface area contributed by atoms with Gasteiger partial charge in [-0.3, -0.25) is 4.79 Å². The number of carbonyl (C=O) groups is 2. The van der Waals surface area contributed by atoms with E-state index in [-0.39, 0.29) is 22.8 Å². The predicted molar refractivity (Wildman–Crippen MR) is 107 cm³/mol. The molecule has 0 unspecified atom stereocenters. The normalized spacial score (nSPS) is 10.7. The second kappa shape index (κ2) is 9.70. The monoisotopic (exact) mass is 496 g/mol. The minimum Gasteiger partial charge on any atom is -0.493 e. The van der Waals surface area contributed by atoms with Crippen LogP contribution in [0.2, 0.25) is 0 Å². The lowest BCUT2D eigenvalue weighted by molar-refractivity contribution is -0.139. The first kappa shape index (κ1) is 21.2. The average Bonchev–Trinajstić information content (AvgIpc) is 2.66. The highest BCUT2D eigenvalue weighted by molar-refractivity contribution is 14.1. The molecule has 9 heteroatoms. The lowest BCUT2D eigenvalue weighted by Crippen LogP contribution is -2.14. The molecule has 0 radical (unpaired) electrons. The van der Waals surface area contributed by atoms with Crippen molar-refractivity contribution in [1.82, 2.24) is 0 Å². The molecule has 0 saturated heterocycles. The number of nitrogens with zero attached hydrogens (tertiary/aromatic N) is 1. The largest absolute Gasteiger partial charge is 0.493 e. The number of halogens is 2. The van der Waals surface area contributed by atoms with Crippen LogP contribution in [0.5, 0.6) is 11.5 Å². The number of para-hydroxylation sites is 1. The molecule has 2 aromatic carbocycles. The van der Waals surface area contributed by atoms with Crippen molar-refractivity contribution in [3.63, 3.8) is 0 Å². The number of carbonyl (C=O) groups excluding carboxylic acids is 1. The quantitative estimate of drug-likeness (QED) is 0.346. The average molecular weight is 496 g/mol. The van der Waals surface area contributed by atoms with Gasteiger partial charge in [-0.1, -0.05) is 12.1 Å². The summed E-state index contributed by atoms with van der Waals surface area (Å²) < 4.78 is 24.6. The van der Waals surface area contributed by atoms with Crippen molar-refractivity contribution in [2.45, 2.75) is 0 Å². The standard InChI is InChI=1S/C19H14FIN2O5/c1-27-16-8-11(7-14(21)18(16)28-10-17(24)25)6-12(9-22)19(26)23-15-5-3-2-4-13(15)20/h2-8H,10H2,1H3,(H,23,26)(H,24,25)/b12-6+. The minimum atomic E-state index is -1.14. The highest BCUT2D eigenvalue weighted by Crippen LogP contribution is 2.34. The number of hydrogen-bond donors (Lipinski definition) is 2. The van der Waals surface area contributed by atoms with Crippen LogP contribution in [0.1, 0.15) is 5.56 Å². The van der Waals surface area contributed by atoms with Crippen LogP contribution in [0.25, 0.3) is 6.08 Å². The highest BCUT2D eigenvalue weighted by atomic mass is 127. The molecule has 0 bridgehead atoms. The fourth-order valence-electron chi connectivity index (χ4n) is 2.16. The highest BCUT2D eigenvalue weighted by Gasteiger charge is 2.15. The van der Waals surface area contributed by atoms with Crippen LogP contribution in [-0.2, 0) is 9.59 Å². The molecule has 2 N–H and O–H groups in total. The summed E-state index contributed by atoms with van der Waals surface area (Å²) in [5.74, 6) is -2.06. The van der Waals surface area contributed by atoms with E-state index < -0.39 is 24.3 Å². The third kappa shape index (κ3) is 5.43. The topological polar surface area (TPSA) is 109 Å². The first-order chi connectivity index (χ1) is 13.3. The van der Waals surface area contributed by atoms with Crippen molar-refractivity contribution >= 4 is 46.2 Å². The zero-order chi connectivity index (χ0) is 20.7. The number of hydrogen-bond acceptors (Lipinski definition) is 5. The smallest absolute Gasteiger partial charge is 0.341 e. The number of ether oxygens (including phenoxy) is 2. The maximum atomic E-state index is 13.7. The number of nitriles is 1. The van der Waals surface area contributed by atoms with Crippen LogP contribution >= 0.6 is 22.6 Å². The van der Waals surface area contributed by atoms with Gasteiger partial charge >= 0.3 is 5.97 Å². The molecule has 0 spiro atoms. The lowest BCUT2D eigenvalue weighted by atomic mass is 10.1. The Bertz CT molecular complexity index is 985. The van der Waals surface area contributed by atoms with Gasteiger partial charge in [-0.15, -0.1) is 0 Å². The van der Waals surface area contributed by atoms with Gasteiger partial charge in [0.15, 0.2) is 18.1 Å². The van der Waals surface area contributed by atoms with Gasteiger partial charge in [0.25, 0.3) is 5.91 Å². The van der Waals surface area contributed by atoms with Crippen molar-refractivity contribution in [2.24, 2.45) is 0 Å². The van der Waals surface area contributed by atoms with Crippen LogP contribution in [0, 0.1) is 20.7 Å². The summed E-state index contributed by atoms with van der Waals surface area (Å²) in [6.07, 6.45) is 1.31. The molecule has 28 heavy (non-hydrogen) atoms. The van der Waals surface area contributed by atoms with Crippen LogP contribution in [0.15, 0.2) is 42.0 Å². The molecule has 1 amide bonds. The fraction of sp³-hybridized carbons (Fsp3) is 0.105. The third-order valence-electron chi connectivity index (χ3n) is 3.39. The van der Waals surface area contributed by atoms with Gasteiger partial charge in [0.1, 0.15) is 17.5 Å². The summed E-state index contributed by atoms with van der Waals surface area (Å²) in [5.41, 5.74) is 0.155. The zero-order valence-electron chi connectivity index (χ0n) is 14.5. The summed E-state index contributed by atoms with van der Waals surface area (Å²) in [6.45, 7) is -0.546. The van der Waals surface area contributed by atoms with E-state index in [0.29, 0.717) is 9.13 Å². The molecule has 0 heterocycles. The Hall–Kier alpha value is -3.13. The summed E-state index contributed by atoms with van der Waals surface area (Å²) in [5, 5.41) is 20.4. The molecule has 0 fully saturated rings. The van der Waals surface area contributed by atoms with Gasteiger partial charge in [0, 0.05) is 0 Å². The molecule has 2 aromatic rings. The molecule has 0 aliphatic carbocycles. The van der Waals surface area contributed by atoms with E-state index in [1.165, 1.54) is 37.5 Å². The summed E-state index contributed by atoms with van der Waals surface area (Å²) >= 11 is 1.92. The first-order valence-electron chi connectivity index (χ1n) is 7.75. The van der Waals surface area contributed by atoms with Crippen molar-refractivity contribution in [3.8, 4) is 17.6 Å². The van der Waals surface area contributed by atoms with E-state index >= 15 is 0 Å². The Labute approximate surface area is 173 Å². The van der Waals surface area contributed by atoms with Crippen molar-refractivity contribution < 1.29 is 28.6 Å². The van der Waals surface area contributed by atoms with Crippen LogP contribution in [0.4, 0.5) is 10.1 Å². The number of anilines is 1. The van der Waals surface area contributed by atoms with Gasteiger partial charge in [0.2, 0.25) is 0 Å². The zero-order valence-corrected chi connectivity index (χ0v) is 16.7. The van der Waals surface area contributed by atoms with Crippen LogP contribution < -0.4 is 14.8 Å². The van der Waals surface area contributed by atoms with Crippen molar-refractivity contribution in [2.75, 3.05) is 19.0 Å². The van der Waals surface area contributed by atoms with E-state index in [0.717, 1.165) is 0 Å². The maximum Gasteiger partial charge on any atom is 0.341 e. The number of amides is 1. The molecule has 0 aliphatic heterocycles. The Morgan fingerprint density at radius 3 is 2.68 bits per heavy atom. The molecule has 144 valence electrons. The Kier molecular flexibility index (Phi) is 7.34. The number of benzene rings is 2. The number of nitrogens with one attached hydrogen (secondary N) is 1. The Balaban J connectivity index is 2.32. The van der Waals surface area contributed by atoms with E-state index in [9.17, 15) is 19.2 Å². The van der Waals surface area contributed by atoms with E-state index in [2.05, 4.69) is 5.32 Å². The number of carboxylic acids is 1. The van der Waals surface area contributed by atoms with Crippen molar-refractivity contribution in [3.05, 3.63) is 56.9 Å². The summed E-state index contributed by atoms with van der Waals surface area (Å²) in [4.78, 5) is 23.0. The molecule has 2 rings (SSSR count). The summed E-state index contributed by atoms with van der Waals surface area (Å²) in [6, 6.07) is 10.5. The second-order valence-electron chi connectivity index (χ2n) is 5.32. The van der Waals surface area contributed by atoms with Gasteiger partial charge in [-0.2, -0.15) is 5.26 Å². The van der Waals surface area contributed by atoms with Gasteiger partial charge < -0.3 is 19.9 Å². The van der Waals surface area contributed by atoms with Gasteiger partial charge in [0.05, 0.1) is 16.4 Å². The van der Waals surface area contributed by atoms with E-state index in [4.69, 9.17) is 14.6 Å². The number of rotatable bonds is 7. The number of methoxy groups -OCH3 is 1. The molecule has 0 saturated carbocycles. The molecule has 0 aromatic heterocycles. The third-order valence-corrected chi connectivity index (χ3v) is 4.19. The van der Waals surface area contributed by atoms with Crippen LogP contribution in [-0.4, -0.2) is 30.7 Å². The maximum absolute atomic E-state index is 13.7. The van der Waals surface area contributed by atoms with Gasteiger partial charge in [-0.05, 0) is 58.5 Å². The molecular formula is C19H14FIN2O5. The van der Waals surface area contributed by atoms with E-state index in [1.54, 1.807) is 18.2 Å². The van der Waals surface area contributed by atoms with E-state index in [1.807, 2.05) is 22.6 Å². The Morgan fingerprint density at radius 1 is 1.36 bits per heavy atom. The van der Waals surface area contributed by atoms with Crippen molar-refractivity contribution in [1.29, 1.82) is 5.26 Å². The summed E-state index contributed by atoms with van der Waals surface area (Å²) in [7, 11) is 1.38. The molecule has 0 aliphatic rings. The lowest BCUT2D eigenvalue weighted by Gasteiger charge is -2.12. The fourth-order valence-corrected chi connectivity index (χ4v) is 2.95. The molecule has 7 nitrogen and oxygen atoms in total. The number of carboxylic acid groups (broad SMARTS) is 1. The SMILES string of the molecule is COc1cc(/C=C(\C#N)C(=O)Nc2ccccc2F)cc(I)c1OCC(=O)O. The first-order valence-corrected chi connectivity index (χ1v) is 8.83. The molecular weight excluding hydrogens is 482 g/mol. The predicted octanol–water partition coefficient (Wildman–Crippen LogP) is 3.45. The number of aliphatic carboxylic acids is 1. The molecule has 0 atom stereocenters. The minimum absolute atomic E-state index is 0.0433. The second-order valence-corrected chi connectivity index (χ2v) is 6.48. The van der Waals surface area contributed by atoms with Gasteiger partial charge in [-0.25, -0.2) is 9.18 Å². The Morgan fingerprint density at radius 2 is 2.07 bits per heavy atom. The van der Waals surface area contributed by atoms with Crippen LogP contribution in [0.3, 0.4) is 0 Å².